The SMILES string of the molecule is CCc1[nH]c(=O)ccc1C(=O)N1C[C@@H]2C[C@H](C1)[C@@H]1CCC[C@H](c3ccc(OC)cc3)N1C2. The summed E-state index contributed by atoms with van der Waals surface area (Å²) in [6, 6.07) is 12.7. The lowest BCUT2D eigenvalue weighted by atomic mass is 9.73. The summed E-state index contributed by atoms with van der Waals surface area (Å²) in [7, 11) is 1.71. The molecule has 3 aliphatic heterocycles. The maximum absolute atomic E-state index is 13.4. The molecule has 1 N–H and O–H groups in total. The second-order valence-electron chi connectivity index (χ2n) is 9.62. The number of carbonyl (C=O) groups is 1. The van der Waals surface area contributed by atoms with Gasteiger partial charge < -0.3 is 14.6 Å². The molecule has 3 aliphatic rings. The number of aromatic nitrogens is 1. The Morgan fingerprint density at radius 3 is 2.66 bits per heavy atom. The molecule has 4 atom stereocenters. The Bertz CT molecular complexity index is 1030. The molecule has 4 heterocycles. The van der Waals surface area contributed by atoms with Crippen LogP contribution in [0.1, 0.15) is 60.3 Å². The van der Waals surface area contributed by atoms with Crippen LogP contribution in [0, 0.1) is 11.8 Å². The minimum absolute atomic E-state index is 0.0729. The Kier molecular flexibility index (Phi) is 5.80. The number of nitrogens with zero attached hydrogens (tertiary/aromatic N) is 2. The molecule has 3 fully saturated rings. The topological polar surface area (TPSA) is 65.6 Å². The number of piperidine rings is 3. The first-order chi connectivity index (χ1) is 15.6. The maximum Gasteiger partial charge on any atom is 0.255 e. The monoisotopic (exact) mass is 435 g/mol. The van der Waals surface area contributed by atoms with E-state index in [1.165, 1.54) is 37.3 Å². The lowest BCUT2D eigenvalue weighted by Gasteiger charge is -2.55. The fourth-order valence-corrected chi connectivity index (χ4v) is 6.32. The molecule has 170 valence electrons. The van der Waals surface area contributed by atoms with Crippen molar-refractivity contribution >= 4 is 5.91 Å². The number of rotatable bonds is 4. The highest BCUT2D eigenvalue weighted by Gasteiger charge is 2.45. The Labute approximate surface area is 189 Å². The zero-order valence-corrected chi connectivity index (χ0v) is 19.0. The number of methoxy groups -OCH3 is 1. The number of pyridine rings is 1. The Balaban J connectivity index is 1.35. The van der Waals surface area contributed by atoms with Gasteiger partial charge in [0.05, 0.1) is 12.7 Å². The molecular formula is C26H33N3O3. The predicted octanol–water partition coefficient (Wildman–Crippen LogP) is 3.63. The Morgan fingerprint density at radius 1 is 1.09 bits per heavy atom. The molecule has 0 radical (unpaired) electrons. The van der Waals surface area contributed by atoms with E-state index in [0.29, 0.717) is 35.9 Å². The lowest BCUT2D eigenvalue weighted by molar-refractivity contribution is -0.0511. The van der Waals surface area contributed by atoms with Gasteiger partial charge in [0, 0.05) is 43.5 Å². The summed E-state index contributed by atoms with van der Waals surface area (Å²) < 4.78 is 5.35. The minimum atomic E-state index is -0.142. The first-order valence-electron chi connectivity index (χ1n) is 12.0. The molecule has 0 unspecified atom stereocenters. The molecule has 1 aromatic carbocycles. The molecule has 1 amide bonds. The molecule has 32 heavy (non-hydrogen) atoms. The number of H-pyrrole nitrogens is 1. The van der Waals surface area contributed by atoms with Gasteiger partial charge in [0.2, 0.25) is 5.56 Å². The van der Waals surface area contributed by atoms with Crippen molar-refractivity contribution in [2.45, 2.75) is 51.1 Å². The van der Waals surface area contributed by atoms with E-state index in [1.54, 1.807) is 13.2 Å². The summed E-state index contributed by atoms with van der Waals surface area (Å²) in [5.74, 6) is 1.99. The van der Waals surface area contributed by atoms with Crippen molar-refractivity contribution in [2.75, 3.05) is 26.7 Å². The number of aryl methyl sites for hydroxylation is 1. The van der Waals surface area contributed by atoms with Gasteiger partial charge in [0.25, 0.3) is 5.91 Å². The van der Waals surface area contributed by atoms with Gasteiger partial charge in [-0.3, -0.25) is 14.5 Å². The van der Waals surface area contributed by atoms with Gasteiger partial charge in [-0.25, -0.2) is 0 Å². The summed E-state index contributed by atoms with van der Waals surface area (Å²) in [6.45, 7) is 4.64. The van der Waals surface area contributed by atoms with Crippen molar-refractivity contribution in [1.29, 1.82) is 0 Å². The van der Waals surface area contributed by atoms with Crippen LogP contribution < -0.4 is 10.3 Å². The van der Waals surface area contributed by atoms with E-state index in [4.69, 9.17) is 4.74 Å². The standard InChI is InChI=1S/C26H33N3O3/c1-3-22-21(11-12-25(30)27-22)26(31)28-14-17-13-19(16-28)24-6-4-5-23(29(24)15-17)18-7-9-20(32-2)10-8-18/h7-12,17,19,23-24H,3-6,13-16H2,1-2H3,(H,27,30)/t17-,19+,23+,24-/m0/s1. The summed E-state index contributed by atoms with van der Waals surface area (Å²) in [6.07, 6.45) is 5.50. The Morgan fingerprint density at radius 2 is 1.91 bits per heavy atom. The fourth-order valence-electron chi connectivity index (χ4n) is 6.32. The van der Waals surface area contributed by atoms with Gasteiger partial charge in [0.15, 0.2) is 0 Å². The molecule has 2 aromatic rings. The molecule has 6 nitrogen and oxygen atoms in total. The number of likely N-dealkylation sites (tertiary alicyclic amines) is 1. The number of benzene rings is 1. The third kappa shape index (κ3) is 3.85. The van der Waals surface area contributed by atoms with Gasteiger partial charge in [-0.15, -0.1) is 0 Å². The second kappa shape index (κ2) is 8.74. The number of ether oxygens (including phenoxy) is 1. The third-order valence-electron chi connectivity index (χ3n) is 7.76. The highest BCUT2D eigenvalue weighted by molar-refractivity contribution is 5.95. The summed E-state index contributed by atoms with van der Waals surface area (Å²) in [5.41, 5.74) is 2.64. The van der Waals surface area contributed by atoms with Crippen molar-refractivity contribution in [1.82, 2.24) is 14.8 Å². The number of carbonyl (C=O) groups excluding carboxylic acids is 1. The largest absolute Gasteiger partial charge is 0.497 e. The van der Waals surface area contributed by atoms with Crippen LogP contribution in [-0.2, 0) is 6.42 Å². The molecule has 5 rings (SSSR count). The summed E-state index contributed by atoms with van der Waals surface area (Å²) >= 11 is 0. The molecule has 0 aliphatic carbocycles. The maximum atomic E-state index is 13.4. The van der Waals surface area contributed by atoms with Crippen LogP contribution in [0.25, 0.3) is 0 Å². The van der Waals surface area contributed by atoms with Crippen LogP contribution in [-0.4, -0.2) is 53.5 Å². The fraction of sp³-hybridized carbons (Fsp3) is 0.538. The van der Waals surface area contributed by atoms with Gasteiger partial charge in [-0.2, -0.15) is 0 Å². The normalized spacial score (nSPS) is 27.6. The molecule has 2 bridgehead atoms. The van der Waals surface area contributed by atoms with E-state index in [2.05, 4.69) is 39.0 Å². The van der Waals surface area contributed by atoms with Crippen molar-refractivity contribution in [3.8, 4) is 5.75 Å². The van der Waals surface area contributed by atoms with Crippen LogP contribution in [0.5, 0.6) is 5.75 Å². The van der Waals surface area contributed by atoms with E-state index in [0.717, 1.165) is 31.1 Å². The van der Waals surface area contributed by atoms with Crippen molar-refractivity contribution in [2.24, 2.45) is 11.8 Å². The van der Waals surface area contributed by atoms with Crippen LogP contribution in [0.2, 0.25) is 0 Å². The highest BCUT2D eigenvalue weighted by Crippen LogP contribution is 2.44. The first kappa shape index (κ1) is 21.3. The van der Waals surface area contributed by atoms with Crippen molar-refractivity contribution in [3.05, 3.63) is 63.6 Å². The number of fused-ring (bicyclic) bond motifs is 4. The molecular weight excluding hydrogens is 402 g/mol. The predicted molar refractivity (Wildman–Crippen MR) is 124 cm³/mol. The molecule has 0 spiro atoms. The van der Waals surface area contributed by atoms with Crippen molar-refractivity contribution in [3.63, 3.8) is 0 Å². The summed E-state index contributed by atoms with van der Waals surface area (Å²) in [5, 5.41) is 0. The van der Waals surface area contributed by atoms with E-state index < -0.39 is 0 Å². The number of nitrogens with one attached hydrogen (secondary N) is 1. The molecule has 0 saturated carbocycles. The van der Waals surface area contributed by atoms with E-state index in [-0.39, 0.29) is 11.5 Å². The molecule has 6 heteroatoms. The zero-order valence-electron chi connectivity index (χ0n) is 19.0. The minimum Gasteiger partial charge on any atom is -0.497 e. The quantitative estimate of drug-likeness (QED) is 0.797. The van der Waals surface area contributed by atoms with Gasteiger partial charge >= 0.3 is 0 Å². The summed E-state index contributed by atoms with van der Waals surface area (Å²) in [4.78, 5) is 32.8. The second-order valence-corrected chi connectivity index (χ2v) is 9.62. The van der Waals surface area contributed by atoms with Crippen molar-refractivity contribution < 1.29 is 9.53 Å². The average Bonchev–Trinajstić information content (AvgIpc) is 2.83. The van der Waals surface area contributed by atoms with Crippen LogP contribution in [0.15, 0.2) is 41.2 Å². The number of hydrogen-bond acceptors (Lipinski definition) is 4. The highest BCUT2D eigenvalue weighted by atomic mass is 16.5. The van der Waals surface area contributed by atoms with E-state index in [9.17, 15) is 9.59 Å². The zero-order chi connectivity index (χ0) is 22.2. The molecule has 3 saturated heterocycles. The van der Waals surface area contributed by atoms with E-state index >= 15 is 0 Å². The van der Waals surface area contributed by atoms with Gasteiger partial charge in [-0.1, -0.05) is 19.1 Å². The number of aromatic amines is 1. The average molecular weight is 436 g/mol. The van der Waals surface area contributed by atoms with Crippen LogP contribution >= 0.6 is 0 Å². The van der Waals surface area contributed by atoms with E-state index in [1.807, 2.05) is 6.92 Å². The van der Waals surface area contributed by atoms with Gasteiger partial charge in [-0.05, 0) is 67.7 Å². The Hall–Kier alpha value is -2.60. The smallest absolute Gasteiger partial charge is 0.255 e. The first-order valence-corrected chi connectivity index (χ1v) is 12.0. The van der Waals surface area contributed by atoms with Gasteiger partial charge in [0.1, 0.15) is 5.75 Å². The van der Waals surface area contributed by atoms with Crippen LogP contribution in [0.4, 0.5) is 0 Å². The lowest BCUT2D eigenvalue weighted by Crippen LogP contribution is -2.60. The molecule has 1 aromatic heterocycles. The number of amides is 1. The number of hydrogen-bond donors (Lipinski definition) is 1. The van der Waals surface area contributed by atoms with Crippen LogP contribution in [0.3, 0.4) is 0 Å². The third-order valence-corrected chi connectivity index (χ3v) is 7.76.